The molecule has 1 aliphatic heterocycles. The summed E-state index contributed by atoms with van der Waals surface area (Å²) < 4.78 is 0. The minimum Gasteiger partial charge on any atom is -0.354 e. The second-order valence-corrected chi connectivity index (χ2v) is 10.8. The third-order valence-electron chi connectivity index (χ3n) is 7.48. The Morgan fingerprint density at radius 3 is 2.41 bits per heavy atom. The van der Waals surface area contributed by atoms with Gasteiger partial charge in [-0.2, -0.15) is 0 Å². The van der Waals surface area contributed by atoms with Gasteiger partial charge in [-0.3, -0.25) is 14.4 Å². The van der Waals surface area contributed by atoms with E-state index in [-0.39, 0.29) is 30.7 Å². The molecule has 7 heteroatoms. The molecule has 0 unspecified atom stereocenters. The van der Waals surface area contributed by atoms with Gasteiger partial charge in [-0.25, -0.2) is 0 Å². The fraction of sp³-hybridized carbons (Fsp3) is 0.265. The molecule has 0 saturated carbocycles. The van der Waals surface area contributed by atoms with Crippen LogP contribution >= 0.6 is 11.6 Å². The predicted molar refractivity (Wildman–Crippen MR) is 164 cm³/mol. The summed E-state index contributed by atoms with van der Waals surface area (Å²) in [5.74, 6) is -0.358. The summed E-state index contributed by atoms with van der Waals surface area (Å²) in [7, 11) is 0. The summed E-state index contributed by atoms with van der Waals surface area (Å²) in [5.41, 5.74) is 3.40. The highest BCUT2D eigenvalue weighted by molar-refractivity contribution is 6.30. The molecule has 6 nitrogen and oxygen atoms in total. The van der Waals surface area contributed by atoms with Gasteiger partial charge in [0.25, 0.3) is 5.91 Å². The van der Waals surface area contributed by atoms with Gasteiger partial charge in [-0.15, -0.1) is 0 Å². The fourth-order valence-electron chi connectivity index (χ4n) is 5.49. The van der Waals surface area contributed by atoms with E-state index in [1.54, 1.807) is 15.9 Å². The molecule has 0 fully saturated rings. The average Bonchev–Trinajstić information content (AvgIpc) is 3.26. The van der Waals surface area contributed by atoms with Crippen LogP contribution in [-0.4, -0.2) is 41.8 Å². The molecule has 0 aromatic heterocycles. The number of hydrogen-bond donors (Lipinski definition) is 1. The minimum atomic E-state index is -0.693. The van der Waals surface area contributed by atoms with E-state index in [0.29, 0.717) is 36.5 Å². The average molecular weight is 568 g/mol. The first-order valence-electron chi connectivity index (χ1n) is 14.2. The zero-order valence-electron chi connectivity index (χ0n) is 23.2. The predicted octanol–water partition coefficient (Wildman–Crippen LogP) is 6.40. The third-order valence-corrected chi connectivity index (χ3v) is 7.72. The SMILES string of the molecule is CCCNC(=O)[C@@H](Cc1ccccc1)N(Cc1cccc(Cl)c1)C(=O)CCCN1C(=O)c2cccc3cccc1c23. The molecular weight excluding hydrogens is 534 g/mol. The lowest BCUT2D eigenvalue weighted by Gasteiger charge is -2.32. The van der Waals surface area contributed by atoms with Crippen LogP contribution in [0.5, 0.6) is 0 Å². The van der Waals surface area contributed by atoms with Gasteiger partial charge >= 0.3 is 0 Å². The maximum atomic E-state index is 13.9. The van der Waals surface area contributed by atoms with Gasteiger partial charge in [0.15, 0.2) is 0 Å². The fourth-order valence-corrected chi connectivity index (χ4v) is 5.70. The van der Waals surface area contributed by atoms with E-state index in [0.717, 1.165) is 34.0 Å². The Morgan fingerprint density at radius 1 is 0.927 bits per heavy atom. The first-order valence-corrected chi connectivity index (χ1v) is 14.5. The molecule has 5 rings (SSSR count). The van der Waals surface area contributed by atoms with Gasteiger partial charge in [0.05, 0.1) is 5.69 Å². The van der Waals surface area contributed by atoms with E-state index in [2.05, 4.69) is 5.32 Å². The second-order valence-electron chi connectivity index (χ2n) is 10.4. The minimum absolute atomic E-state index is 0.0408. The van der Waals surface area contributed by atoms with Crippen LogP contribution in [0.15, 0.2) is 91.0 Å². The Morgan fingerprint density at radius 2 is 1.66 bits per heavy atom. The molecule has 0 radical (unpaired) electrons. The number of anilines is 1. The van der Waals surface area contributed by atoms with E-state index in [1.165, 1.54) is 0 Å². The molecule has 0 spiro atoms. The topological polar surface area (TPSA) is 69.7 Å². The van der Waals surface area contributed by atoms with E-state index >= 15 is 0 Å². The van der Waals surface area contributed by atoms with Crippen LogP contribution in [-0.2, 0) is 22.6 Å². The molecule has 210 valence electrons. The van der Waals surface area contributed by atoms with Crippen molar-refractivity contribution in [2.45, 2.75) is 45.2 Å². The quantitative estimate of drug-likeness (QED) is 0.215. The number of carbonyl (C=O) groups is 3. The maximum Gasteiger partial charge on any atom is 0.258 e. The van der Waals surface area contributed by atoms with Crippen molar-refractivity contribution in [2.75, 3.05) is 18.0 Å². The molecule has 1 aliphatic rings. The molecule has 41 heavy (non-hydrogen) atoms. The van der Waals surface area contributed by atoms with Crippen molar-refractivity contribution in [3.8, 4) is 0 Å². The standard InChI is InChI=1S/C34H34ClN3O3/c1-2-19-36-33(40)30(22-24-10-4-3-5-11-24)38(23-25-12-6-15-27(35)21-25)31(39)18-9-20-37-29-17-8-14-26-13-7-16-28(32(26)29)34(37)41/h3-8,10-17,21,30H,2,9,18-20,22-23H2,1H3,(H,36,40)/t30-/m1/s1. The van der Waals surface area contributed by atoms with Gasteiger partial charge in [-0.1, -0.05) is 85.3 Å². The highest BCUT2D eigenvalue weighted by atomic mass is 35.5. The van der Waals surface area contributed by atoms with Gasteiger partial charge < -0.3 is 15.1 Å². The molecule has 3 amide bonds. The molecule has 1 atom stereocenters. The van der Waals surface area contributed by atoms with Crippen LogP contribution in [0.25, 0.3) is 10.8 Å². The van der Waals surface area contributed by atoms with Gasteiger partial charge in [0.2, 0.25) is 11.8 Å². The highest BCUT2D eigenvalue weighted by Crippen LogP contribution is 2.37. The van der Waals surface area contributed by atoms with Crippen molar-refractivity contribution in [1.82, 2.24) is 10.2 Å². The zero-order chi connectivity index (χ0) is 28.8. The smallest absolute Gasteiger partial charge is 0.258 e. The third kappa shape index (κ3) is 6.44. The Labute approximate surface area is 245 Å². The summed E-state index contributed by atoms with van der Waals surface area (Å²) >= 11 is 6.27. The Kier molecular flexibility index (Phi) is 9.00. The van der Waals surface area contributed by atoms with Gasteiger partial charge in [0.1, 0.15) is 6.04 Å². The summed E-state index contributed by atoms with van der Waals surface area (Å²) in [6.45, 7) is 3.20. The van der Waals surface area contributed by atoms with E-state index in [9.17, 15) is 14.4 Å². The molecule has 1 N–H and O–H groups in total. The lowest BCUT2D eigenvalue weighted by Crippen LogP contribution is -2.50. The van der Waals surface area contributed by atoms with Crippen LogP contribution in [0.3, 0.4) is 0 Å². The first kappa shape index (κ1) is 28.4. The van der Waals surface area contributed by atoms with Crippen molar-refractivity contribution in [1.29, 1.82) is 0 Å². The number of halogens is 1. The molecule has 0 bridgehead atoms. The molecule has 0 aliphatic carbocycles. The number of hydrogen-bond acceptors (Lipinski definition) is 3. The molecular formula is C34H34ClN3O3. The summed E-state index contributed by atoms with van der Waals surface area (Å²) in [6.07, 6.45) is 1.86. The number of benzene rings is 4. The number of rotatable bonds is 12. The number of amides is 3. The van der Waals surface area contributed by atoms with Crippen LogP contribution in [0.2, 0.25) is 5.02 Å². The molecule has 1 heterocycles. The molecule has 4 aromatic rings. The molecule has 0 saturated heterocycles. The van der Waals surface area contributed by atoms with Crippen LogP contribution in [0, 0.1) is 0 Å². The number of nitrogens with one attached hydrogen (secondary N) is 1. The van der Waals surface area contributed by atoms with Gasteiger partial charge in [-0.05, 0) is 53.6 Å². The summed E-state index contributed by atoms with van der Waals surface area (Å²) in [5, 5.41) is 5.57. The first-order chi connectivity index (χ1) is 20.0. The largest absolute Gasteiger partial charge is 0.354 e. The van der Waals surface area contributed by atoms with E-state index in [1.807, 2.05) is 91.9 Å². The lowest BCUT2D eigenvalue weighted by molar-refractivity contribution is -0.141. The lowest BCUT2D eigenvalue weighted by atomic mass is 10.0. The summed E-state index contributed by atoms with van der Waals surface area (Å²) in [4.78, 5) is 44.1. The normalized spacial score (nSPS) is 12.9. The zero-order valence-corrected chi connectivity index (χ0v) is 23.9. The maximum absolute atomic E-state index is 13.9. The van der Waals surface area contributed by atoms with Crippen LogP contribution in [0.4, 0.5) is 5.69 Å². The van der Waals surface area contributed by atoms with E-state index in [4.69, 9.17) is 11.6 Å². The number of nitrogens with zero attached hydrogens (tertiary/aromatic N) is 2. The van der Waals surface area contributed by atoms with Crippen LogP contribution in [0.1, 0.15) is 47.7 Å². The van der Waals surface area contributed by atoms with E-state index < -0.39 is 6.04 Å². The van der Waals surface area contributed by atoms with Crippen molar-refractivity contribution in [2.24, 2.45) is 0 Å². The monoisotopic (exact) mass is 567 g/mol. The van der Waals surface area contributed by atoms with Gasteiger partial charge in [0, 0.05) is 48.4 Å². The summed E-state index contributed by atoms with van der Waals surface area (Å²) in [6, 6.07) is 28.1. The van der Waals surface area contributed by atoms with Crippen molar-refractivity contribution < 1.29 is 14.4 Å². The Hall–Kier alpha value is -4.16. The highest BCUT2D eigenvalue weighted by Gasteiger charge is 2.32. The van der Waals surface area contributed by atoms with Crippen LogP contribution < -0.4 is 10.2 Å². The molecule has 4 aromatic carbocycles. The Balaban J connectivity index is 1.37. The van der Waals surface area contributed by atoms with Crippen molar-refractivity contribution >= 4 is 45.8 Å². The van der Waals surface area contributed by atoms with Crippen molar-refractivity contribution in [3.63, 3.8) is 0 Å². The second kappa shape index (κ2) is 13.0. The number of carbonyl (C=O) groups excluding carboxylic acids is 3. The van der Waals surface area contributed by atoms with Crippen molar-refractivity contribution in [3.05, 3.63) is 113 Å². The Bertz CT molecular complexity index is 1550.